The standard InChI is InChI=1S/C19H22N2O3/c1-4-14-8-6-7-13(3)17(14)21-19(23)18(22)20-15-9-11-16(12-10-15)24-5-2/h6-12H,4-5H2,1-3H3,(H,20,22)(H,21,23). The molecule has 0 fully saturated rings. The summed E-state index contributed by atoms with van der Waals surface area (Å²) in [5.41, 5.74) is 3.17. The molecule has 5 heteroatoms. The van der Waals surface area contributed by atoms with Gasteiger partial charge in [0.2, 0.25) is 0 Å². The molecule has 2 amide bonds. The Labute approximate surface area is 142 Å². The number of hydrogen-bond acceptors (Lipinski definition) is 3. The smallest absolute Gasteiger partial charge is 0.314 e. The Balaban J connectivity index is 2.04. The summed E-state index contributed by atoms with van der Waals surface area (Å²) in [5.74, 6) is -0.676. The van der Waals surface area contributed by atoms with E-state index >= 15 is 0 Å². The van der Waals surface area contributed by atoms with Crippen molar-refractivity contribution in [2.24, 2.45) is 0 Å². The van der Waals surface area contributed by atoms with E-state index in [1.54, 1.807) is 24.3 Å². The van der Waals surface area contributed by atoms with Crippen molar-refractivity contribution in [1.29, 1.82) is 0 Å². The molecule has 2 aromatic carbocycles. The zero-order valence-corrected chi connectivity index (χ0v) is 14.2. The Bertz CT molecular complexity index is 724. The Hall–Kier alpha value is -2.82. The molecule has 2 aromatic rings. The summed E-state index contributed by atoms with van der Waals surface area (Å²) in [6.07, 6.45) is 0.776. The van der Waals surface area contributed by atoms with Crippen LogP contribution in [0.25, 0.3) is 0 Å². The van der Waals surface area contributed by atoms with Crippen LogP contribution in [0.1, 0.15) is 25.0 Å². The third kappa shape index (κ3) is 4.35. The Morgan fingerprint density at radius 3 is 2.25 bits per heavy atom. The van der Waals surface area contributed by atoms with Gasteiger partial charge in [-0.25, -0.2) is 0 Å². The monoisotopic (exact) mass is 326 g/mol. The minimum atomic E-state index is -0.704. The third-order valence-electron chi connectivity index (χ3n) is 3.61. The predicted octanol–water partition coefficient (Wildman–Crippen LogP) is 3.53. The highest BCUT2D eigenvalue weighted by atomic mass is 16.5. The largest absolute Gasteiger partial charge is 0.494 e. The molecular formula is C19H22N2O3. The second kappa shape index (κ2) is 8.15. The summed E-state index contributed by atoms with van der Waals surface area (Å²) in [5, 5.41) is 5.29. The number of carbonyl (C=O) groups is 2. The van der Waals surface area contributed by atoms with Crippen molar-refractivity contribution in [3.63, 3.8) is 0 Å². The topological polar surface area (TPSA) is 67.4 Å². The van der Waals surface area contributed by atoms with Crippen molar-refractivity contribution in [1.82, 2.24) is 0 Å². The average Bonchev–Trinajstić information content (AvgIpc) is 2.58. The fraction of sp³-hybridized carbons (Fsp3) is 0.263. The van der Waals surface area contributed by atoms with Crippen LogP contribution in [0.2, 0.25) is 0 Å². The highest BCUT2D eigenvalue weighted by Gasteiger charge is 2.16. The van der Waals surface area contributed by atoms with E-state index in [1.807, 2.05) is 39.0 Å². The summed E-state index contributed by atoms with van der Waals surface area (Å²) in [7, 11) is 0. The first kappa shape index (κ1) is 17.5. The van der Waals surface area contributed by atoms with E-state index in [9.17, 15) is 9.59 Å². The first-order valence-corrected chi connectivity index (χ1v) is 7.98. The van der Waals surface area contributed by atoms with Gasteiger partial charge in [-0.1, -0.05) is 25.1 Å². The van der Waals surface area contributed by atoms with Crippen molar-refractivity contribution >= 4 is 23.2 Å². The first-order chi connectivity index (χ1) is 11.5. The van der Waals surface area contributed by atoms with Crippen LogP contribution in [0, 0.1) is 6.92 Å². The van der Waals surface area contributed by atoms with Gasteiger partial charge in [-0.3, -0.25) is 9.59 Å². The lowest BCUT2D eigenvalue weighted by Gasteiger charge is -2.13. The molecule has 2 rings (SSSR count). The van der Waals surface area contributed by atoms with Gasteiger partial charge in [0.05, 0.1) is 6.61 Å². The van der Waals surface area contributed by atoms with E-state index in [0.29, 0.717) is 23.7 Å². The van der Waals surface area contributed by atoms with Crippen LogP contribution in [0.15, 0.2) is 42.5 Å². The van der Waals surface area contributed by atoms with Gasteiger partial charge in [0.25, 0.3) is 0 Å². The molecule has 2 N–H and O–H groups in total. The molecule has 0 aliphatic rings. The Morgan fingerprint density at radius 2 is 1.62 bits per heavy atom. The van der Waals surface area contributed by atoms with E-state index in [1.165, 1.54) is 0 Å². The van der Waals surface area contributed by atoms with Crippen LogP contribution in [-0.2, 0) is 16.0 Å². The number of ether oxygens (including phenoxy) is 1. The molecule has 0 aliphatic heterocycles. The molecule has 0 radical (unpaired) electrons. The summed E-state index contributed by atoms with van der Waals surface area (Å²) in [6.45, 7) is 6.38. The van der Waals surface area contributed by atoms with E-state index < -0.39 is 11.8 Å². The molecule has 0 aromatic heterocycles. The summed E-state index contributed by atoms with van der Waals surface area (Å²) in [4.78, 5) is 24.2. The minimum absolute atomic E-state index is 0.541. The Morgan fingerprint density at radius 1 is 0.958 bits per heavy atom. The van der Waals surface area contributed by atoms with Gasteiger partial charge in [-0.05, 0) is 55.7 Å². The molecule has 0 bridgehead atoms. The lowest BCUT2D eigenvalue weighted by molar-refractivity contribution is -0.133. The first-order valence-electron chi connectivity index (χ1n) is 7.98. The van der Waals surface area contributed by atoms with Gasteiger partial charge >= 0.3 is 11.8 Å². The van der Waals surface area contributed by atoms with Crippen molar-refractivity contribution in [2.45, 2.75) is 27.2 Å². The van der Waals surface area contributed by atoms with E-state index in [0.717, 1.165) is 17.5 Å². The van der Waals surface area contributed by atoms with Crippen molar-refractivity contribution in [3.8, 4) is 5.75 Å². The number of amides is 2. The maximum atomic E-state index is 12.2. The van der Waals surface area contributed by atoms with Crippen LogP contribution in [-0.4, -0.2) is 18.4 Å². The number of para-hydroxylation sites is 1. The van der Waals surface area contributed by atoms with Crippen LogP contribution in [0.4, 0.5) is 11.4 Å². The van der Waals surface area contributed by atoms with E-state index in [4.69, 9.17) is 4.74 Å². The maximum absolute atomic E-state index is 12.2. The van der Waals surface area contributed by atoms with Gasteiger partial charge in [0.1, 0.15) is 5.75 Å². The number of aryl methyl sites for hydroxylation is 2. The number of anilines is 2. The second-order valence-corrected chi connectivity index (χ2v) is 5.33. The molecule has 5 nitrogen and oxygen atoms in total. The molecule has 24 heavy (non-hydrogen) atoms. The SMILES string of the molecule is CCOc1ccc(NC(=O)C(=O)Nc2c(C)cccc2CC)cc1. The number of hydrogen-bond donors (Lipinski definition) is 2. The quantitative estimate of drug-likeness (QED) is 0.826. The summed E-state index contributed by atoms with van der Waals surface area (Å²) in [6, 6.07) is 12.7. The Kier molecular flexibility index (Phi) is 5.95. The normalized spacial score (nSPS) is 10.1. The summed E-state index contributed by atoms with van der Waals surface area (Å²) >= 11 is 0. The van der Waals surface area contributed by atoms with Crippen LogP contribution in [0.5, 0.6) is 5.75 Å². The number of benzene rings is 2. The third-order valence-corrected chi connectivity index (χ3v) is 3.61. The second-order valence-electron chi connectivity index (χ2n) is 5.33. The number of rotatable bonds is 5. The molecule has 0 aliphatic carbocycles. The zero-order valence-electron chi connectivity index (χ0n) is 14.2. The highest BCUT2D eigenvalue weighted by Crippen LogP contribution is 2.21. The maximum Gasteiger partial charge on any atom is 0.314 e. The van der Waals surface area contributed by atoms with Gasteiger partial charge < -0.3 is 15.4 Å². The molecule has 126 valence electrons. The molecule has 0 saturated carbocycles. The molecule has 0 heterocycles. The van der Waals surface area contributed by atoms with Gasteiger partial charge in [0.15, 0.2) is 0 Å². The molecule has 0 saturated heterocycles. The van der Waals surface area contributed by atoms with Crippen LogP contribution >= 0.6 is 0 Å². The predicted molar refractivity (Wildman–Crippen MR) is 95.4 cm³/mol. The van der Waals surface area contributed by atoms with Crippen molar-refractivity contribution in [3.05, 3.63) is 53.6 Å². The van der Waals surface area contributed by atoms with E-state index in [-0.39, 0.29) is 0 Å². The van der Waals surface area contributed by atoms with Crippen LogP contribution in [0.3, 0.4) is 0 Å². The fourth-order valence-electron chi connectivity index (χ4n) is 2.36. The lowest BCUT2D eigenvalue weighted by atomic mass is 10.1. The van der Waals surface area contributed by atoms with Gasteiger partial charge in [0, 0.05) is 11.4 Å². The fourth-order valence-corrected chi connectivity index (χ4v) is 2.36. The van der Waals surface area contributed by atoms with Crippen molar-refractivity contribution < 1.29 is 14.3 Å². The molecule has 0 unspecified atom stereocenters. The van der Waals surface area contributed by atoms with Crippen molar-refractivity contribution in [2.75, 3.05) is 17.2 Å². The summed E-state index contributed by atoms with van der Waals surface area (Å²) < 4.78 is 5.34. The molecule has 0 spiro atoms. The molecular weight excluding hydrogens is 304 g/mol. The van der Waals surface area contributed by atoms with Gasteiger partial charge in [-0.2, -0.15) is 0 Å². The lowest BCUT2D eigenvalue weighted by Crippen LogP contribution is -2.29. The van der Waals surface area contributed by atoms with Crippen LogP contribution < -0.4 is 15.4 Å². The minimum Gasteiger partial charge on any atom is -0.494 e. The van der Waals surface area contributed by atoms with Gasteiger partial charge in [-0.15, -0.1) is 0 Å². The highest BCUT2D eigenvalue weighted by molar-refractivity contribution is 6.43. The average molecular weight is 326 g/mol. The zero-order chi connectivity index (χ0) is 17.5. The number of nitrogens with one attached hydrogen (secondary N) is 2. The van der Waals surface area contributed by atoms with E-state index in [2.05, 4.69) is 10.6 Å². The molecule has 0 atom stereocenters. The number of carbonyl (C=O) groups excluding carboxylic acids is 2.